The number of aryl methyl sites for hydroxylation is 2. The van der Waals surface area contributed by atoms with E-state index in [9.17, 15) is 9.59 Å². The fourth-order valence-corrected chi connectivity index (χ4v) is 2.03. The van der Waals surface area contributed by atoms with Gasteiger partial charge in [-0.2, -0.15) is 0 Å². The van der Waals surface area contributed by atoms with Crippen molar-refractivity contribution < 1.29 is 9.59 Å². The highest BCUT2D eigenvalue weighted by atomic mass is 16.2. The summed E-state index contributed by atoms with van der Waals surface area (Å²) in [6, 6.07) is 6.11. The highest BCUT2D eigenvalue weighted by Gasteiger charge is 2.38. The molecule has 108 valence electrons. The summed E-state index contributed by atoms with van der Waals surface area (Å²) in [7, 11) is 0. The van der Waals surface area contributed by atoms with Crippen LogP contribution in [0, 0.1) is 19.3 Å². The maximum atomic E-state index is 12.3. The zero-order valence-corrected chi connectivity index (χ0v) is 12.5. The smallest absolute Gasteiger partial charge is 0.239 e. The Labute approximate surface area is 119 Å². The summed E-state index contributed by atoms with van der Waals surface area (Å²) >= 11 is 0. The third kappa shape index (κ3) is 3.38. The molecule has 1 aromatic rings. The molecule has 1 aromatic carbocycles. The fraction of sp³-hybridized carbons (Fsp3) is 0.500. The maximum absolute atomic E-state index is 12.3. The summed E-state index contributed by atoms with van der Waals surface area (Å²) in [5.41, 5.74) is 1.83. The molecule has 4 nitrogen and oxygen atoms in total. The number of hydrogen-bond donors (Lipinski definition) is 2. The first-order chi connectivity index (χ1) is 9.29. The van der Waals surface area contributed by atoms with Gasteiger partial charge >= 0.3 is 0 Å². The van der Waals surface area contributed by atoms with Crippen molar-refractivity contribution >= 4 is 17.5 Å². The Morgan fingerprint density at radius 2 is 1.60 bits per heavy atom. The van der Waals surface area contributed by atoms with Crippen molar-refractivity contribution in [3.63, 3.8) is 0 Å². The minimum atomic E-state index is -1.07. The molecule has 2 amide bonds. The highest BCUT2D eigenvalue weighted by Crippen LogP contribution is 2.24. The molecule has 0 radical (unpaired) electrons. The number of benzene rings is 1. The second kappa shape index (κ2) is 5.27. The summed E-state index contributed by atoms with van der Waals surface area (Å²) in [6.07, 6.45) is 2.03. The quantitative estimate of drug-likeness (QED) is 0.829. The lowest BCUT2D eigenvalue weighted by Crippen LogP contribution is -2.45. The van der Waals surface area contributed by atoms with E-state index in [-0.39, 0.29) is 17.9 Å². The van der Waals surface area contributed by atoms with Crippen LogP contribution in [0.15, 0.2) is 18.2 Å². The minimum Gasteiger partial charge on any atom is -0.352 e. The molecule has 0 aliphatic heterocycles. The van der Waals surface area contributed by atoms with Gasteiger partial charge in [-0.25, -0.2) is 0 Å². The monoisotopic (exact) mass is 274 g/mol. The molecule has 0 spiro atoms. The zero-order valence-electron chi connectivity index (χ0n) is 12.5. The van der Waals surface area contributed by atoms with Gasteiger partial charge in [-0.1, -0.05) is 6.07 Å². The standard InChI is InChI=1S/C16H22N2O2/c1-10-7-11(2)9-13(8-10)18-15(20)16(3,4)14(19)17-12-5-6-12/h7-9,12H,5-6H2,1-4H3,(H,17,19)(H,18,20). The lowest BCUT2D eigenvalue weighted by molar-refractivity contribution is -0.138. The van der Waals surface area contributed by atoms with Gasteiger partial charge < -0.3 is 10.6 Å². The van der Waals surface area contributed by atoms with E-state index in [1.54, 1.807) is 13.8 Å². The number of rotatable bonds is 4. The molecular weight excluding hydrogens is 252 g/mol. The van der Waals surface area contributed by atoms with Crippen molar-refractivity contribution in [3.05, 3.63) is 29.3 Å². The molecule has 1 aliphatic rings. The molecule has 0 heterocycles. The van der Waals surface area contributed by atoms with Crippen LogP contribution in [0.25, 0.3) is 0 Å². The maximum Gasteiger partial charge on any atom is 0.239 e. The molecule has 2 N–H and O–H groups in total. The summed E-state index contributed by atoms with van der Waals surface area (Å²) in [4.78, 5) is 24.4. The Balaban J connectivity index is 2.07. The van der Waals surface area contributed by atoms with Crippen LogP contribution >= 0.6 is 0 Å². The lowest BCUT2D eigenvalue weighted by atomic mass is 9.90. The Morgan fingerprint density at radius 3 is 2.10 bits per heavy atom. The van der Waals surface area contributed by atoms with Gasteiger partial charge in [-0.05, 0) is 63.8 Å². The lowest BCUT2D eigenvalue weighted by Gasteiger charge is -2.23. The molecule has 1 saturated carbocycles. The first-order valence-corrected chi connectivity index (χ1v) is 7.00. The molecule has 1 aliphatic carbocycles. The minimum absolute atomic E-state index is 0.207. The van der Waals surface area contributed by atoms with Crippen LogP contribution in [0.5, 0.6) is 0 Å². The van der Waals surface area contributed by atoms with Gasteiger partial charge in [-0.3, -0.25) is 9.59 Å². The van der Waals surface area contributed by atoms with Crippen molar-refractivity contribution in [1.29, 1.82) is 0 Å². The second-order valence-electron chi connectivity index (χ2n) is 6.20. The summed E-state index contributed by atoms with van der Waals surface area (Å²) in [5, 5.41) is 5.72. The van der Waals surface area contributed by atoms with Gasteiger partial charge in [0.2, 0.25) is 11.8 Å². The number of amides is 2. The van der Waals surface area contributed by atoms with Gasteiger partial charge in [0.1, 0.15) is 5.41 Å². The van der Waals surface area contributed by atoms with E-state index in [0.717, 1.165) is 29.7 Å². The van der Waals surface area contributed by atoms with Crippen LogP contribution in [0.2, 0.25) is 0 Å². The van der Waals surface area contributed by atoms with Gasteiger partial charge in [-0.15, -0.1) is 0 Å². The van der Waals surface area contributed by atoms with Crippen LogP contribution in [-0.2, 0) is 9.59 Å². The van der Waals surface area contributed by atoms with E-state index in [1.807, 2.05) is 32.0 Å². The summed E-state index contributed by atoms with van der Waals surface area (Å²) < 4.78 is 0. The predicted molar refractivity (Wildman–Crippen MR) is 79.5 cm³/mol. The number of carbonyl (C=O) groups is 2. The second-order valence-corrected chi connectivity index (χ2v) is 6.20. The Kier molecular flexibility index (Phi) is 3.84. The van der Waals surface area contributed by atoms with Crippen LogP contribution < -0.4 is 10.6 Å². The molecule has 4 heteroatoms. The van der Waals surface area contributed by atoms with E-state index >= 15 is 0 Å². The molecule has 2 rings (SSSR count). The molecule has 0 aromatic heterocycles. The highest BCUT2D eigenvalue weighted by molar-refractivity contribution is 6.10. The van der Waals surface area contributed by atoms with Crippen molar-refractivity contribution in [2.75, 3.05) is 5.32 Å². The van der Waals surface area contributed by atoms with E-state index in [1.165, 1.54) is 0 Å². The van der Waals surface area contributed by atoms with Crippen molar-refractivity contribution in [3.8, 4) is 0 Å². The molecular formula is C16H22N2O2. The number of nitrogens with one attached hydrogen (secondary N) is 2. The number of hydrogen-bond acceptors (Lipinski definition) is 2. The van der Waals surface area contributed by atoms with Crippen LogP contribution in [0.1, 0.15) is 37.8 Å². The van der Waals surface area contributed by atoms with E-state index in [0.29, 0.717) is 0 Å². The molecule has 0 bridgehead atoms. The first kappa shape index (κ1) is 14.6. The summed E-state index contributed by atoms with van der Waals surface area (Å²) in [5.74, 6) is -0.484. The molecule has 0 atom stereocenters. The van der Waals surface area contributed by atoms with E-state index in [4.69, 9.17) is 0 Å². The van der Waals surface area contributed by atoms with Gasteiger partial charge in [0, 0.05) is 11.7 Å². The van der Waals surface area contributed by atoms with Crippen LogP contribution in [0.3, 0.4) is 0 Å². The normalized spacial score (nSPS) is 14.8. The molecule has 0 saturated heterocycles. The van der Waals surface area contributed by atoms with Gasteiger partial charge in [0.15, 0.2) is 0 Å². The Morgan fingerprint density at radius 1 is 1.05 bits per heavy atom. The Hall–Kier alpha value is -1.84. The number of anilines is 1. The van der Waals surface area contributed by atoms with Crippen LogP contribution in [-0.4, -0.2) is 17.9 Å². The first-order valence-electron chi connectivity index (χ1n) is 7.00. The average molecular weight is 274 g/mol. The zero-order chi connectivity index (χ0) is 14.9. The predicted octanol–water partition coefficient (Wildman–Crippen LogP) is 2.55. The molecule has 20 heavy (non-hydrogen) atoms. The number of carbonyl (C=O) groups excluding carboxylic acids is 2. The third-order valence-electron chi connectivity index (χ3n) is 3.53. The SMILES string of the molecule is Cc1cc(C)cc(NC(=O)C(C)(C)C(=O)NC2CC2)c1. The van der Waals surface area contributed by atoms with Crippen molar-refractivity contribution in [2.24, 2.45) is 5.41 Å². The molecule has 1 fully saturated rings. The summed E-state index contributed by atoms with van der Waals surface area (Å²) in [6.45, 7) is 7.27. The topological polar surface area (TPSA) is 58.2 Å². The average Bonchev–Trinajstić information content (AvgIpc) is 3.11. The Bertz CT molecular complexity index is 525. The van der Waals surface area contributed by atoms with Crippen LogP contribution in [0.4, 0.5) is 5.69 Å². The fourth-order valence-electron chi connectivity index (χ4n) is 2.03. The van der Waals surface area contributed by atoms with Gasteiger partial charge in [0.25, 0.3) is 0 Å². The third-order valence-corrected chi connectivity index (χ3v) is 3.53. The van der Waals surface area contributed by atoms with Crippen molar-refractivity contribution in [2.45, 2.75) is 46.6 Å². The largest absolute Gasteiger partial charge is 0.352 e. The van der Waals surface area contributed by atoms with Crippen molar-refractivity contribution in [1.82, 2.24) is 5.32 Å². The van der Waals surface area contributed by atoms with E-state index in [2.05, 4.69) is 10.6 Å². The van der Waals surface area contributed by atoms with Gasteiger partial charge in [0.05, 0.1) is 0 Å². The molecule has 0 unspecified atom stereocenters. The van der Waals surface area contributed by atoms with E-state index < -0.39 is 5.41 Å².